The van der Waals surface area contributed by atoms with Gasteiger partial charge in [-0.25, -0.2) is 13.8 Å². The highest BCUT2D eigenvalue weighted by atomic mass is 19.3. The van der Waals surface area contributed by atoms with Crippen molar-refractivity contribution in [2.24, 2.45) is 5.92 Å². The summed E-state index contributed by atoms with van der Waals surface area (Å²) in [6.07, 6.45) is 6.52. The Morgan fingerprint density at radius 2 is 2.04 bits per heavy atom. The lowest BCUT2D eigenvalue weighted by Crippen LogP contribution is -2.47. The topological polar surface area (TPSA) is 49.3 Å². The van der Waals surface area contributed by atoms with Crippen molar-refractivity contribution < 1.29 is 13.6 Å². The number of aromatic nitrogens is 2. The first-order valence-corrected chi connectivity index (χ1v) is 8.12. The zero-order valence-corrected chi connectivity index (χ0v) is 13.3. The van der Waals surface area contributed by atoms with Crippen molar-refractivity contribution in [2.75, 3.05) is 25.0 Å². The smallest absolute Gasteiger partial charge is 0.248 e. The molecule has 5 nitrogen and oxygen atoms in total. The van der Waals surface area contributed by atoms with E-state index in [1.54, 1.807) is 30.5 Å². The molecule has 0 aromatic carbocycles. The lowest BCUT2D eigenvalue weighted by molar-refractivity contribution is -0.137. The van der Waals surface area contributed by atoms with Crippen LogP contribution >= 0.6 is 0 Å². The van der Waals surface area contributed by atoms with Crippen molar-refractivity contribution in [3.63, 3.8) is 0 Å². The number of halogens is 2. The summed E-state index contributed by atoms with van der Waals surface area (Å²) in [5.41, 5.74) is 0. The molecule has 0 spiro atoms. The molecule has 1 atom stereocenters. The quantitative estimate of drug-likeness (QED) is 0.856. The van der Waals surface area contributed by atoms with Crippen LogP contribution < -0.4 is 4.90 Å². The molecule has 1 aliphatic heterocycles. The SMILES string of the molecule is CN(C(=O)C1CCC(F)(F)C1)C1CCN(c2cnccn2)CC1. The van der Waals surface area contributed by atoms with E-state index in [0.717, 1.165) is 31.7 Å². The van der Waals surface area contributed by atoms with Gasteiger partial charge in [0.1, 0.15) is 5.82 Å². The van der Waals surface area contributed by atoms with Crippen molar-refractivity contribution in [3.8, 4) is 0 Å². The summed E-state index contributed by atoms with van der Waals surface area (Å²) in [7, 11) is 1.75. The number of hydrogen-bond acceptors (Lipinski definition) is 4. The summed E-state index contributed by atoms with van der Waals surface area (Å²) in [4.78, 5) is 24.6. The molecule has 1 aliphatic carbocycles. The minimum Gasteiger partial charge on any atom is -0.355 e. The fourth-order valence-electron chi connectivity index (χ4n) is 3.57. The normalized spacial score (nSPS) is 24.7. The molecular weight excluding hydrogens is 302 g/mol. The molecule has 1 saturated carbocycles. The van der Waals surface area contributed by atoms with Crippen LogP contribution in [0.15, 0.2) is 18.6 Å². The molecule has 2 heterocycles. The van der Waals surface area contributed by atoms with Crippen molar-refractivity contribution in [1.82, 2.24) is 14.9 Å². The van der Waals surface area contributed by atoms with Crippen molar-refractivity contribution in [1.29, 1.82) is 0 Å². The third-order valence-corrected chi connectivity index (χ3v) is 4.99. The third kappa shape index (κ3) is 3.59. The van der Waals surface area contributed by atoms with E-state index in [9.17, 15) is 13.6 Å². The Bertz CT molecular complexity index is 546. The first-order valence-electron chi connectivity index (χ1n) is 8.12. The number of anilines is 1. The van der Waals surface area contributed by atoms with E-state index in [2.05, 4.69) is 14.9 Å². The van der Waals surface area contributed by atoms with Gasteiger partial charge in [0.15, 0.2) is 0 Å². The highest BCUT2D eigenvalue weighted by Crippen LogP contribution is 2.40. The van der Waals surface area contributed by atoms with Crippen molar-refractivity contribution in [3.05, 3.63) is 18.6 Å². The third-order valence-electron chi connectivity index (χ3n) is 4.99. The molecule has 0 bridgehead atoms. The molecule has 0 radical (unpaired) electrons. The zero-order chi connectivity index (χ0) is 16.4. The molecule has 23 heavy (non-hydrogen) atoms. The van der Waals surface area contributed by atoms with Crippen LogP contribution in [-0.2, 0) is 4.79 Å². The summed E-state index contributed by atoms with van der Waals surface area (Å²) in [5.74, 6) is -2.47. The molecular formula is C16H22F2N4O. The van der Waals surface area contributed by atoms with Crippen LogP contribution in [0.5, 0.6) is 0 Å². The van der Waals surface area contributed by atoms with Gasteiger partial charge in [0, 0.05) is 57.3 Å². The average molecular weight is 324 g/mol. The minimum atomic E-state index is -2.67. The summed E-state index contributed by atoms with van der Waals surface area (Å²) in [6, 6.07) is 0.115. The van der Waals surface area contributed by atoms with Crippen molar-refractivity contribution in [2.45, 2.75) is 44.1 Å². The Kier molecular flexibility index (Phi) is 4.46. The van der Waals surface area contributed by atoms with Gasteiger partial charge in [0.05, 0.1) is 6.20 Å². The standard InChI is InChI=1S/C16H22F2N4O/c1-21(15(23)12-2-5-16(17,18)10-12)13-3-8-22(9-4-13)14-11-19-6-7-20-14/h6-7,11-13H,2-5,8-10H2,1H3. The van der Waals surface area contributed by atoms with Gasteiger partial charge in [-0.15, -0.1) is 0 Å². The molecule has 3 rings (SSSR count). The predicted octanol–water partition coefficient (Wildman–Crippen LogP) is 2.34. The van der Waals surface area contributed by atoms with Gasteiger partial charge in [-0.1, -0.05) is 0 Å². The van der Waals surface area contributed by atoms with Crippen LogP contribution in [0.4, 0.5) is 14.6 Å². The number of piperidine rings is 1. The largest absolute Gasteiger partial charge is 0.355 e. The Morgan fingerprint density at radius 1 is 1.30 bits per heavy atom. The number of hydrogen-bond donors (Lipinski definition) is 0. The monoisotopic (exact) mass is 324 g/mol. The number of rotatable bonds is 3. The van der Waals surface area contributed by atoms with Crippen LogP contribution in [0.3, 0.4) is 0 Å². The van der Waals surface area contributed by atoms with E-state index in [0.29, 0.717) is 6.42 Å². The number of nitrogens with zero attached hydrogens (tertiary/aromatic N) is 4. The summed E-state index contributed by atoms with van der Waals surface area (Å²) < 4.78 is 26.6. The van der Waals surface area contributed by atoms with Gasteiger partial charge in [0.2, 0.25) is 11.8 Å². The fourth-order valence-corrected chi connectivity index (χ4v) is 3.57. The molecule has 1 aromatic heterocycles. The highest BCUT2D eigenvalue weighted by molar-refractivity contribution is 5.79. The first kappa shape index (κ1) is 16.1. The number of carbonyl (C=O) groups is 1. The highest BCUT2D eigenvalue weighted by Gasteiger charge is 2.44. The molecule has 2 fully saturated rings. The van der Waals surface area contributed by atoms with Crippen molar-refractivity contribution >= 4 is 11.7 Å². The van der Waals surface area contributed by atoms with Gasteiger partial charge in [-0.2, -0.15) is 0 Å². The van der Waals surface area contributed by atoms with Crippen LogP contribution in [0.2, 0.25) is 0 Å². The summed E-state index contributed by atoms with van der Waals surface area (Å²) in [5, 5.41) is 0. The number of alkyl halides is 2. The Labute approximate surface area is 134 Å². The van der Waals surface area contributed by atoms with Crippen LogP contribution in [0.1, 0.15) is 32.1 Å². The maximum Gasteiger partial charge on any atom is 0.248 e. The molecule has 1 unspecified atom stereocenters. The number of carbonyl (C=O) groups excluding carboxylic acids is 1. The van der Waals surface area contributed by atoms with Gasteiger partial charge in [0.25, 0.3) is 0 Å². The van der Waals surface area contributed by atoms with E-state index in [-0.39, 0.29) is 24.8 Å². The molecule has 7 heteroatoms. The van der Waals surface area contributed by atoms with Gasteiger partial charge in [-0.3, -0.25) is 9.78 Å². The first-order chi connectivity index (χ1) is 11.0. The minimum absolute atomic E-state index is 0.115. The molecule has 0 N–H and O–H groups in total. The second kappa shape index (κ2) is 6.37. The predicted molar refractivity (Wildman–Crippen MR) is 82.3 cm³/mol. The Morgan fingerprint density at radius 3 is 2.61 bits per heavy atom. The van der Waals surface area contributed by atoms with E-state index >= 15 is 0 Å². The molecule has 1 aromatic rings. The van der Waals surface area contributed by atoms with Gasteiger partial charge >= 0.3 is 0 Å². The maximum atomic E-state index is 13.3. The van der Waals surface area contributed by atoms with E-state index < -0.39 is 11.8 Å². The second-order valence-corrected chi connectivity index (χ2v) is 6.53. The Hall–Kier alpha value is -1.79. The van der Waals surface area contributed by atoms with E-state index in [4.69, 9.17) is 0 Å². The molecule has 126 valence electrons. The van der Waals surface area contributed by atoms with Crippen LogP contribution in [0.25, 0.3) is 0 Å². The average Bonchev–Trinajstić information content (AvgIpc) is 2.94. The molecule has 1 amide bonds. The summed E-state index contributed by atoms with van der Waals surface area (Å²) >= 11 is 0. The maximum absolute atomic E-state index is 13.3. The van der Waals surface area contributed by atoms with E-state index in [1.807, 2.05) is 0 Å². The van der Waals surface area contributed by atoms with Crippen LogP contribution in [-0.4, -0.2) is 52.9 Å². The number of amides is 1. The lowest BCUT2D eigenvalue weighted by Gasteiger charge is -2.38. The Balaban J connectivity index is 1.54. The van der Waals surface area contributed by atoms with Gasteiger partial charge in [-0.05, 0) is 19.3 Å². The van der Waals surface area contributed by atoms with Crippen LogP contribution in [0, 0.1) is 5.92 Å². The molecule has 1 saturated heterocycles. The van der Waals surface area contributed by atoms with E-state index in [1.165, 1.54) is 0 Å². The zero-order valence-electron chi connectivity index (χ0n) is 13.3. The second-order valence-electron chi connectivity index (χ2n) is 6.53. The van der Waals surface area contributed by atoms with Gasteiger partial charge < -0.3 is 9.80 Å². The lowest BCUT2D eigenvalue weighted by atomic mass is 10.00. The fraction of sp³-hybridized carbons (Fsp3) is 0.688. The molecule has 2 aliphatic rings. The summed E-state index contributed by atoms with van der Waals surface area (Å²) in [6.45, 7) is 1.59.